The Morgan fingerprint density at radius 3 is 2.95 bits per heavy atom. The second-order valence-corrected chi connectivity index (χ2v) is 5.42. The minimum absolute atomic E-state index is 0.212. The molecule has 1 aromatic carbocycles. The largest absolute Gasteiger partial charge is 0.487 e. The SMILES string of the molecule is COC(=O)C1(N)CCCC(Oc2cc(C)ccc2F)C1. The summed E-state index contributed by atoms with van der Waals surface area (Å²) in [5.74, 6) is -0.624. The number of hydrogen-bond donors (Lipinski definition) is 1. The summed E-state index contributed by atoms with van der Waals surface area (Å²) in [4.78, 5) is 11.7. The van der Waals surface area contributed by atoms with Crippen LogP contribution in [0.2, 0.25) is 0 Å². The minimum atomic E-state index is -1.03. The van der Waals surface area contributed by atoms with Crippen LogP contribution in [0.3, 0.4) is 0 Å². The highest BCUT2D eigenvalue weighted by Crippen LogP contribution is 2.31. The molecule has 0 amide bonds. The van der Waals surface area contributed by atoms with Gasteiger partial charge in [0.1, 0.15) is 11.6 Å². The molecule has 0 aliphatic heterocycles. The third kappa shape index (κ3) is 3.10. The van der Waals surface area contributed by atoms with Crippen molar-refractivity contribution in [1.82, 2.24) is 0 Å². The van der Waals surface area contributed by atoms with Gasteiger partial charge in [0.25, 0.3) is 0 Å². The number of halogens is 1. The first-order valence-electron chi connectivity index (χ1n) is 6.75. The number of carbonyl (C=O) groups excluding carboxylic acids is 1. The lowest BCUT2D eigenvalue weighted by Gasteiger charge is -2.35. The molecule has 1 aliphatic rings. The van der Waals surface area contributed by atoms with Crippen molar-refractivity contribution < 1.29 is 18.7 Å². The van der Waals surface area contributed by atoms with Crippen molar-refractivity contribution >= 4 is 5.97 Å². The Morgan fingerprint density at radius 2 is 2.25 bits per heavy atom. The van der Waals surface area contributed by atoms with Gasteiger partial charge in [-0.3, -0.25) is 4.79 Å². The van der Waals surface area contributed by atoms with E-state index in [1.54, 1.807) is 12.1 Å². The molecule has 0 aromatic heterocycles. The minimum Gasteiger partial charge on any atom is -0.487 e. The van der Waals surface area contributed by atoms with Gasteiger partial charge in [-0.05, 0) is 43.9 Å². The van der Waals surface area contributed by atoms with Gasteiger partial charge < -0.3 is 15.2 Å². The highest BCUT2D eigenvalue weighted by molar-refractivity contribution is 5.80. The number of ether oxygens (including phenoxy) is 2. The van der Waals surface area contributed by atoms with E-state index in [2.05, 4.69) is 0 Å². The van der Waals surface area contributed by atoms with E-state index in [1.165, 1.54) is 13.2 Å². The number of carbonyl (C=O) groups is 1. The van der Waals surface area contributed by atoms with Crippen LogP contribution in [0.5, 0.6) is 5.75 Å². The van der Waals surface area contributed by atoms with E-state index < -0.39 is 17.3 Å². The van der Waals surface area contributed by atoms with Crippen molar-refractivity contribution in [2.45, 2.75) is 44.2 Å². The van der Waals surface area contributed by atoms with Crippen LogP contribution in [-0.4, -0.2) is 24.7 Å². The molecule has 0 radical (unpaired) electrons. The van der Waals surface area contributed by atoms with Gasteiger partial charge in [-0.2, -0.15) is 0 Å². The lowest BCUT2D eigenvalue weighted by Crippen LogP contribution is -2.54. The predicted octanol–water partition coefficient (Wildman–Crippen LogP) is 2.33. The number of rotatable bonds is 3. The first kappa shape index (κ1) is 14.8. The predicted molar refractivity (Wildman–Crippen MR) is 73.0 cm³/mol. The van der Waals surface area contributed by atoms with Crippen LogP contribution >= 0.6 is 0 Å². The standard InChI is InChI=1S/C15H20FNO3/c1-10-5-6-12(16)13(8-10)20-11-4-3-7-15(17,9-11)14(18)19-2/h5-6,8,11H,3-4,7,9,17H2,1-2H3. The smallest absolute Gasteiger partial charge is 0.325 e. The van der Waals surface area contributed by atoms with Crippen molar-refractivity contribution in [2.75, 3.05) is 7.11 Å². The average molecular weight is 281 g/mol. The van der Waals surface area contributed by atoms with Crippen LogP contribution in [0.4, 0.5) is 4.39 Å². The Labute approximate surface area is 118 Å². The van der Waals surface area contributed by atoms with Gasteiger partial charge in [0.15, 0.2) is 11.6 Å². The highest BCUT2D eigenvalue weighted by Gasteiger charge is 2.41. The van der Waals surface area contributed by atoms with E-state index in [9.17, 15) is 9.18 Å². The van der Waals surface area contributed by atoms with Crippen molar-refractivity contribution in [3.05, 3.63) is 29.6 Å². The lowest BCUT2D eigenvalue weighted by molar-refractivity contribution is -0.149. The molecule has 1 fully saturated rings. The lowest BCUT2D eigenvalue weighted by atomic mass is 9.81. The topological polar surface area (TPSA) is 61.5 Å². The molecule has 20 heavy (non-hydrogen) atoms. The van der Waals surface area contributed by atoms with Crippen LogP contribution in [0.25, 0.3) is 0 Å². The Hall–Kier alpha value is -1.62. The molecule has 0 saturated heterocycles. The molecular formula is C15H20FNO3. The number of esters is 1. The van der Waals surface area contributed by atoms with Crippen LogP contribution < -0.4 is 10.5 Å². The molecule has 2 atom stereocenters. The van der Waals surface area contributed by atoms with Gasteiger partial charge >= 0.3 is 5.97 Å². The Balaban J connectivity index is 2.10. The molecule has 0 heterocycles. The quantitative estimate of drug-likeness (QED) is 0.864. The first-order chi connectivity index (χ1) is 9.44. The van der Waals surface area contributed by atoms with Crippen LogP contribution in [0, 0.1) is 12.7 Å². The molecule has 0 bridgehead atoms. The monoisotopic (exact) mass is 281 g/mol. The van der Waals surface area contributed by atoms with Crippen LogP contribution in [0.15, 0.2) is 18.2 Å². The molecule has 110 valence electrons. The average Bonchev–Trinajstić information content (AvgIpc) is 2.42. The summed E-state index contributed by atoms with van der Waals surface area (Å²) < 4.78 is 24.1. The summed E-state index contributed by atoms with van der Waals surface area (Å²) in [6.07, 6.45) is 2.14. The van der Waals surface area contributed by atoms with E-state index in [1.807, 2.05) is 6.92 Å². The fourth-order valence-corrected chi connectivity index (χ4v) is 2.63. The highest BCUT2D eigenvalue weighted by atomic mass is 19.1. The van der Waals surface area contributed by atoms with Crippen molar-refractivity contribution in [2.24, 2.45) is 5.73 Å². The summed E-state index contributed by atoms with van der Waals surface area (Å²) in [5, 5.41) is 0. The number of methoxy groups -OCH3 is 1. The summed E-state index contributed by atoms with van der Waals surface area (Å²) in [7, 11) is 1.32. The summed E-state index contributed by atoms with van der Waals surface area (Å²) in [6.45, 7) is 1.87. The number of aryl methyl sites for hydroxylation is 1. The van der Waals surface area contributed by atoms with Crippen LogP contribution in [0.1, 0.15) is 31.2 Å². The maximum atomic E-state index is 13.7. The molecule has 1 aliphatic carbocycles. The molecule has 2 N–H and O–H groups in total. The van der Waals surface area contributed by atoms with Crippen LogP contribution in [-0.2, 0) is 9.53 Å². The van der Waals surface area contributed by atoms with Crippen molar-refractivity contribution in [1.29, 1.82) is 0 Å². The zero-order chi connectivity index (χ0) is 14.8. The normalized spacial score (nSPS) is 26.1. The van der Waals surface area contributed by atoms with Gasteiger partial charge in [0, 0.05) is 6.42 Å². The zero-order valence-electron chi connectivity index (χ0n) is 11.8. The fourth-order valence-electron chi connectivity index (χ4n) is 2.63. The maximum absolute atomic E-state index is 13.7. The molecule has 0 spiro atoms. The summed E-state index contributed by atoms with van der Waals surface area (Å²) >= 11 is 0. The summed E-state index contributed by atoms with van der Waals surface area (Å²) in [5.41, 5.74) is 5.97. The molecule has 1 saturated carbocycles. The first-order valence-corrected chi connectivity index (χ1v) is 6.75. The number of nitrogens with two attached hydrogens (primary N) is 1. The molecule has 1 aromatic rings. The number of hydrogen-bond acceptors (Lipinski definition) is 4. The van der Waals surface area contributed by atoms with E-state index in [-0.39, 0.29) is 11.9 Å². The Bertz CT molecular complexity index is 506. The van der Waals surface area contributed by atoms with Crippen molar-refractivity contribution in [3.63, 3.8) is 0 Å². The van der Waals surface area contributed by atoms with E-state index >= 15 is 0 Å². The van der Waals surface area contributed by atoms with Gasteiger partial charge in [0.05, 0.1) is 7.11 Å². The number of benzene rings is 1. The Kier molecular flexibility index (Phi) is 4.28. The molecule has 5 heteroatoms. The zero-order valence-corrected chi connectivity index (χ0v) is 11.8. The maximum Gasteiger partial charge on any atom is 0.325 e. The van der Waals surface area contributed by atoms with E-state index in [0.29, 0.717) is 12.8 Å². The van der Waals surface area contributed by atoms with Gasteiger partial charge in [0.2, 0.25) is 0 Å². The van der Waals surface area contributed by atoms with Gasteiger partial charge in [-0.1, -0.05) is 6.07 Å². The molecule has 2 unspecified atom stereocenters. The summed E-state index contributed by atoms with van der Waals surface area (Å²) in [6, 6.07) is 4.72. The molecule has 4 nitrogen and oxygen atoms in total. The Morgan fingerprint density at radius 1 is 1.50 bits per heavy atom. The molecular weight excluding hydrogens is 261 g/mol. The third-order valence-corrected chi connectivity index (χ3v) is 3.71. The molecule has 2 rings (SSSR count). The van der Waals surface area contributed by atoms with Crippen molar-refractivity contribution in [3.8, 4) is 5.75 Å². The van der Waals surface area contributed by atoms with E-state index in [0.717, 1.165) is 18.4 Å². The third-order valence-electron chi connectivity index (χ3n) is 3.71. The second kappa shape index (κ2) is 5.79. The second-order valence-electron chi connectivity index (χ2n) is 5.42. The fraction of sp³-hybridized carbons (Fsp3) is 0.533. The van der Waals surface area contributed by atoms with Gasteiger partial charge in [-0.15, -0.1) is 0 Å². The van der Waals surface area contributed by atoms with E-state index in [4.69, 9.17) is 15.2 Å². The van der Waals surface area contributed by atoms with Gasteiger partial charge in [-0.25, -0.2) is 4.39 Å².